The van der Waals surface area contributed by atoms with Gasteiger partial charge in [-0.05, 0) is 62.9 Å². The number of nitrogens with zero attached hydrogens (tertiary/aromatic N) is 1. The van der Waals surface area contributed by atoms with Crippen molar-refractivity contribution in [1.29, 1.82) is 0 Å². The molecule has 0 spiro atoms. The van der Waals surface area contributed by atoms with Gasteiger partial charge in [0.1, 0.15) is 5.75 Å². The van der Waals surface area contributed by atoms with Crippen LogP contribution in [0.5, 0.6) is 5.75 Å². The van der Waals surface area contributed by atoms with E-state index >= 15 is 0 Å². The highest BCUT2D eigenvalue weighted by Crippen LogP contribution is 2.27. The van der Waals surface area contributed by atoms with Crippen molar-refractivity contribution in [3.05, 3.63) is 28.3 Å². The normalized spacial score (nSPS) is 16.1. The molecule has 3 nitrogen and oxygen atoms in total. The van der Waals surface area contributed by atoms with Crippen molar-refractivity contribution in [3.63, 3.8) is 0 Å². The molecule has 1 aliphatic rings. The van der Waals surface area contributed by atoms with E-state index in [-0.39, 0.29) is 0 Å². The summed E-state index contributed by atoms with van der Waals surface area (Å²) in [5, 5.41) is 0.811. The summed E-state index contributed by atoms with van der Waals surface area (Å²) in [5.74, 6) is 0.963. The fourth-order valence-electron chi connectivity index (χ4n) is 2.54. The van der Waals surface area contributed by atoms with Crippen molar-refractivity contribution in [2.45, 2.75) is 33.1 Å². The maximum atomic E-state index is 6.09. The molecule has 21 heavy (non-hydrogen) atoms. The van der Waals surface area contributed by atoms with Gasteiger partial charge in [0, 0.05) is 18.1 Å². The topological polar surface area (TPSA) is 21.7 Å². The van der Waals surface area contributed by atoms with Crippen molar-refractivity contribution >= 4 is 11.6 Å². The molecule has 0 atom stereocenters. The molecule has 2 rings (SSSR count). The fraction of sp³-hybridized carbons (Fsp3) is 0.647. The number of unbranched alkanes of at least 4 members (excludes halogenated alkanes) is 2. The van der Waals surface area contributed by atoms with Crippen LogP contribution in [-0.2, 0) is 4.74 Å². The lowest BCUT2D eigenvalue weighted by molar-refractivity contribution is 0.0370. The lowest BCUT2D eigenvalue weighted by Gasteiger charge is -2.26. The van der Waals surface area contributed by atoms with Crippen molar-refractivity contribution in [2.75, 3.05) is 39.5 Å². The average molecular weight is 312 g/mol. The van der Waals surface area contributed by atoms with Gasteiger partial charge < -0.3 is 9.47 Å². The van der Waals surface area contributed by atoms with Crippen LogP contribution in [0.2, 0.25) is 5.02 Å². The number of morpholine rings is 1. The molecular weight excluding hydrogens is 286 g/mol. The third kappa shape index (κ3) is 5.17. The zero-order valence-electron chi connectivity index (χ0n) is 13.2. The molecule has 0 unspecified atom stereocenters. The van der Waals surface area contributed by atoms with Crippen LogP contribution in [0.4, 0.5) is 0 Å². The third-order valence-corrected chi connectivity index (χ3v) is 4.56. The highest BCUT2D eigenvalue weighted by atomic mass is 35.5. The number of halogens is 1. The Hall–Kier alpha value is -0.770. The zero-order chi connectivity index (χ0) is 15.1. The molecule has 0 bridgehead atoms. The summed E-state index contributed by atoms with van der Waals surface area (Å²) in [7, 11) is 0. The van der Waals surface area contributed by atoms with Crippen LogP contribution in [0.3, 0.4) is 0 Å². The Balaban J connectivity index is 1.60. The predicted molar refractivity (Wildman–Crippen MR) is 87.5 cm³/mol. The number of hydrogen-bond donors (Lipinski definition) is 0. The minimum Gasteiger partial charge on any atom is -0.493 e. The van der Waals surface area contributed by atoms with Crippen LogP contribution >= 0.6 is 11.6 Å². The molecule has 1 aliphatic heterocycles. The van der Waals surface area contributed by atoms with Gasteiger partial charge in [0.25, 0.3) is 0 Å². The summed E-state index contributed by atoms with van der Waals surface area (Å²) in [6.45, 7) is 10.0. The van der Waals surface area contributed by atoms with Gasteiger partial charge in [-0.3, -0.25) is 4.90 Å². The summed E-state index contributed by atoms with van der Waals surface area (Å²) in [4.78, 5) is 2.48. The molecule has 1 saturated heterocycles. The molecular formula is C17H26ClNO2. The van der Waals surface area contributed by atoms with E-state index in [1.165, 1.54) is 19.4 Å². The Kier molecular flexibility index (Phi) is 6.81. The highest BCUT2D eigenvalue weighted by molar-refractivity contribution is 6.31. The quantitative estimate of drug-likeness (QED) is 0.714. The minimum absolute atomic E-state index is 0.783. The Morgan fingerprint density at radius 3 is 2.62 bits per heavy atom. The monoisotopic (exact) mass is 311 g/mol. The number of ether oxygens (including phenoxy) is 2. The van der Waals surface area contributed by atoms with Gasteiger partial charge in [0.15, 0.2) is 0 Å². The van der Waals surface area contributed by atoms with Crippen LogP contribution in [0.1, 0.15) is 30.4 Å². The second-order valence-electron chi connectivity index (χ2n) is 5.66. The van der Waals surface area contributed by atoms with E-state index in [1.807, 2.05) is 19.1 Å². The number of rotatable bonds is 7. The molecule has 0 aromatic heterocycles. The lowest BCUT2D eigenvalue weighted by atomic mass is 10.1. The molecule has 0 radical (unpaired) electrons. The number of benzene rings is 1. The Labute approximate surface area is 133 Å². The third-order valence-electron chi connectivity index (χ3n) is 4.15. The van der Waals surface area contributed by atoms with E-state index in [1.54, 1.807) is 0 Å². The zero-order valence-corrected chi connectivity index (χ0v) is 13.9. The Morgan fingerprint density at radius 1 is 1.10 bits per heavy atom. The van der Waals surface area contributed by atoms with Gasteiger partial charge in [-0.25, -0.2) is 0 Å². The summed E-state index contributed by atoms with van der Waals surface area (Å²) < 4.78 is 11.2. The van der Waals surface area contributed by atoms with Crippen LogP contribution < -0.4 is 4.74 Å². The van der Waals surface area contributed by atoms with E-state index in [2.05, 4.69) is 11.8 Å². The molecule has 118 valence electrons. The van der Waals surface area contributed by atoms with Gasteiger partial charge in [0.2, 0.25) is 0 Å². The highest BCUT2D eigenvalue weighted by Gasteiger charge is 2.09. The first-order valence-electron chi connectivity index (χ1n) is 7.87. The van der Waals surface area contributed by atoms with Crippen molar-refractivity contribution in [2.24, 2.45) is 0 Å². The van der Waals surface area contributed by atoms with Gasteiger partial charge in [-0.1, -0.05) is 11.6 Å². The molecule has 1 aromatic carbocycles. The summed E-state index contributed by atoms with van der Waals surface area (Å²) in [5.41, 5.74) is 2.26. The number of hydrogen-bond acceptors (Lipinski definition) is 3. The Morgan fingerprint density at radius 2 is 1.86 bits per heavy atom. The maximum absolute atomic E-state index is 6.09. The predicted octanol–water partition coefficient (Wildman–Crippen LogP) is 3.84. The van der Waals surface area contributed by atoms with E-state index in [4.69, 9.17) is 21.1 Å². The molecule has 1 heterocycles. The summed E-state index contributed by atoms with van der Waals surface area (Å²) in [6, 6.07) is 3.88. The second kappa shape index (κ2) is 8.62. The molecule has 4 heteroatoms. The maximum Gasteiger partial charge on any atom is 0.122 e. The first-order chi connectivity index (χ1) is 10.2. The minimum atomic E-state index is 0.783. The van der Waals surface area contributed by atoms with Crippen molar-refractivity contribution in [1.82, 2.24) is 4.90 Å². The SMILES string of the molecule is Cc1c(Cl)ccc(OCCCCCN2CCOCC2)c1C. The lowest BCUT2D eigenvalue weighted by Crippen LogP contribution is -2.36. The fourth-order valence-corrected chi connectivity index (χ4v) is 2.75. The van der Waals surface area contributed by atoms with Crippen LogP contribution in [0.25, 0.3) is 0 Å². The van der Waals surface area contributed by atoms with Crippen molar-refractivity contribution < 1.29 is 9.47 Å². The summed E-state index contributed by atoms with van der Waals surface area (Å²) in [6.07, 6.45) is 3.55. The largest absolute Gasteiger partial charge is 0.493 e. The first-order valence-corrected chi connectivity index (χ1v) is 8.25. The van der Waals surface area contributed by atoms with Crippen LogP contribution in [-0.4, -0.2) is 44.4 Å². The van der Waals surface area contributed by atoms with Gasteiger partial charge in [-0.2, -0.15) is 0 Å². The molecule has 0 aliphatic carbocycles. The van der Waals surface area contributed by atoms with E-state index in [0.717, 1.165) is 61.2 Å². The Bertz CT molecular complexity index is 445. The van der Waals surface area contributed by atoms with E-state index in [9.17, 15) is 0 Å². The first kappa shape index (κ1) is 16.6. The molecule has 1 fully saturated rings. The van der Waals surface area contributed by atoms with Crippen LogP contribution in [0, 0.1) is 13.8 Å². The van der Waals surface area contributed by atoms with Gasteiger partial charge in [0.05, 0.1) is 19.8 Å². The molecule has 1 aromatic rings. The standard InChI is InChI=1S/C17H26ClNO2/c1-14-15(2)17(7-6-16(14)18)21-11-5-3-4-8-19-9-12-20-13-10-19/h6-7H,3-5,8-13H2,1-2H3. The smallest absolute Gasteiger partial charge is 0.122 e. The van der Waals surface area contributed by atoms with Gasteiger partial charge in [-0.15, -0.1) is 0 Å². The van der Waals surface area contributed by atoms with Gasteiger partial charge >= 0.3 is 0 Å². The average Bonchev–Trinajstić information content (AvgIpc) is 2.51. The van der Waals surface area contributed by atoms with Crippen LogP contribution in [0.15, 0.2) is 12.1 Å². The second-order valence-corrected chi connectivity index (χ2v) is 6.07. The summed E-state index contributed by atoms with van der Waals surface area (Å²) >= 11 is 6.09. The van der Waals surface area contributed by atoms with E-state index < -0.39 is 0 Å². The van der Waals surface area contributed by atoms with Crippen molar-refractivity contribution in [3.8, 4) is 5.75 Å². The molecule has 0 amide bonds. The molecule has 0 N–H and O–H groups in total. The molecule has 0 saturated carbocycles. The van der Waals surface area contributed by atoms with E-state index in [0.29, 0.717) is 0 Å².